The Balaban J connectivity index is 1.64. The lowest BCUT2D eigenvalue weighted by Crippen LogP contribution is -2.29. The Morgan fingerprint density at radius 1 is 0.650 bits per heavy atom. The molecule has 0 fully saturated rings. The summed E-state index contributed by atoms with van der Waals surface area (Å²) in [6.45, 7) is 0. The molecule has 0 atom stereocenters. The Morgan fingerprint density at radius 2 is 1.25 bits per heavy atom. The van der Waals surface area contributed by atoms with E-state index in [0.717, 1.165) is 27.8 Å². The Bertz CT molecular complexity index is 1720. The van der Waals surface area contributed by atoms with Gasteiger partial charge in [0.1, 0.15) is 5.75 Å². The van der Waals surface area contributed by atoms with E-state index in [1.807, 2.05) is 30.3 Å². The number of carbonyl (C=O) groups is 3. The third kappa shape index (κ3) is 3.84. The molecule has 0 aliphatic heterocycles. The molecule has 0 spiro atoms. The first-order valence-corrected chi connectivity index (χ1v) is 12.4. The van der Waals surface area contributed by atoms with E-state index in [9.17, 15) is 24.6 Å². The number of pyridine rings is 1. The Hall–Kier alpha value is -5.56. The lowest BCUT2D eigenvalue weighted by Gasteiger charge is -2.34. The summed E-state index contributed by atoms with van der Waals surface area (Å²) in [6.07, 6.45) is 3.06. The molecule has 4 aromatic carbocycles. The molecule has 7 heteroatoms. The topological polar surface area (TPSA) is 114 Å². The molecule has 0 radical (unpaired) electrons. The van der Waals surface area contributed by atoms with Crippen molar-refractivity contribution in [3.05, 3.63) is 154 Å². The number of carboxylic acid groups (broad SMARTS) is 2. The van der Waals surface area contributed by atoms with Crippen LogP contribution in [-0.4, -0.2) is 33.1 Å². The van der Waals surface area contributed by atoms with Gasteiger partial charge in [-0.15, -0.1) is 0 Å². The van der Waals surface area contributed by atoms with E-state index < -0.39 is 23.3 Å². The van der Waals surface area contributed by atoms with Crippen molar-refractivity contribution in [2.45, 2.75) is 5.41 Å². The van der Waals surface area contributed by atoms with Crippen LogP contribution in [0.2, 0.25) is 0 Å². The summed E-state index contributed by atoms with van der Waals surface area (Å²) < 4.78 is 5.67. The smallest absolute Gasteiger partial charge is 0.344 e. The van der Waals surface area contributed by atoms with Gasteiger partial charge < -0.3 is 14.9 Å². The average Bonchev–Trinajstić information content (AvgIpc) is 3.29. The predicted octanol–water partition coefficient (Wildman–Crippen LogP) is 6.06. The Kier molecular flexibility index (Phi) is 5.96. The molecule has 2 N–H and O–H groups in total. The fourth-order valence-electron chi connectivity index (χ4n) is 5.58. The highest BCUT2D eigenvalue weighted by atomic mass is 16.5. The normalized spacial score (nSPS) is 12.7. The number of nitrogens with zero attached hydrogens (tertiary/aromatic N) is 1. The molecule has 7 nitrogen and oxygen atoms in total. The molecule has 1 heterocycles. The molecule has 6 rings (SSSR count). The third-order valence-electron chi connectivity index (χ3n) is 7.26. The molecule has 0 saturated carbocycles. The summed E-state index contributed by atoms with van der Waals surface area (Å²) in [7, 11) is 0. The zero-order valence-electron chi connectivity index (χ0n) is 20.9. The molecule has 194 valence electrons. The molecular formula is C33H21NO6. The van der Waals surface area contributed by atoms with Crippen LogP contribution in [0, 0.1) is 0 Å². The number of esters is 1. The second-order valence-electron chi connectivity index (χ2n) is 9.37. The summed E-state index contributed by atoms with van der Waals surface area (Å²) in [6, 6.07) is 29.7. The number of rotatable bonds is 6. The van der Waals surface area contributed by atoms with Gasteiger partial charge in [-0.1, -0.05) is 60.7 Å². The molecule has 0 bridgehead atoms. The fraction of sp³-hybridized carbons (Fsp3) is 0.0303. The van der Waals surface area contributed by atoms with Gasteiger partial charge in [0.05, 0.1) is 28.3 Å². The van der Waals surface area contributed by atoms with E-state index in [0.29, 0.717) is 16.9 Å². The first-order chi connectivity index (χ1) is 19.4. The summed E-state index contributed by atoms with van der Waals surface area (Å²) in [5, 5.41) is 19.1. The summed E-state index contributed by atoms with van der Waals surface area (Å²) >= 11 is 0. The number of hydrogen-bond acceptors (Lipinski definition) is 5. The van der Waals surface area contributed by atoms with Crippen molar-refractivity contribution in [2.24, 2.45) is 0 Å². The lowest BCUT2D eigenvalue weighted by atomic mass is 9.67. The van der Waals surface area contributed by atoms with E-state index in [-0.39, 0.29) is 11.1 Å². The minimum atomic E-state index is -1.04. The standard InChI is InChI=1S/C33H21NO6/c35-30(36)20-10-14-22(15-11-20)33(23-16-12-21(13-17-23)31(37)38)27-8-2-1-6-25(27)29-26(7-3-9-28(29)33)32(39)40-24-5-4-18-34-19-24/h1-19H,(H,35,36)(H,37,38). The molecule has 5 aromatic rings. The monoisotopic (exact) mass is 527 g/mol. The number of fused-ring (bicyclic) bond motifs is 3. The number of carboxylic acids is 2. The Morgan fingerprint density at radius 3 is 1.82 bits per heavy atom. The van der Waals surface area contributed by atoms with Crippen molar-refractivity contribution >= 4 is 17.9 Å². The van der Waals surface area contributed by atoms with Gasteiger partial charge in [-0.25, -0.2) is 14.4 Å². The summed E-state index contributed by atoms with van der Waals surface area (Å²) in [5.74, 6) is -2.31. The lowest BCUT2D eigenvalue weighted by molar-refractivity contribution is 0.0686. The van der Waals surface area contributed by atoms with Gasteiger partial charge in [0.2, 0.25) is 0 Å². The minimum Gasteiger partial charge on any atom is -0.478 e. The first kappa shape index (κ1) is 24.8. The van der Waals surface area contributed by atoms with Crippen LogP contribution in [0.25, 0.3) is 11.1 Å². The number of carbonyl (C=O) groups excluding carboxylic acids is 1. The average molecular weight is 528 g/mol. The van der Waals surface area contributed by atoms with Crippen LogP contribution < -0.4 is 4.74 Å². The molecule has 0 saturated heterocycles. The molecule has 40 heavy (non-hydrogen) atoms. The van der Waals surface area contributed by atoms with Crippen LogP contribution in [-0.2, 0) is 5.41 Å². The first-order valence-electron chi connectivity index (χ1n) is 12.4. The van der Waals surface area contributed by atoms with E-state index in [2.05, 4.69) is 4.98 Å². The van der Waals surface area contributed by atoms with Crippen LogP contribution in [0.3, 0.4) is 0 Å². The second-order valence-corrected chi connectivity index (χ2v) is 9.37. The molecule has 0 unspecified atom stereocenters. The van der Waals surface area contributed by atoms with Gasteiger partial charge in [0, 0.05) is 11.8 Å². The van der Waals surface area contributed by atoms with Crippen molar-refractivity contribution in [1.82, 2.24) is 4.98 Å². The SMILES string of the molecule is O=C(O)c1ccc(C2(c3ccc(C(=O)O)cc3)c3ccccc3-c3c(C(=O)Oc4cccnc4)cccc32)cc1. The fourth-order valence-corrected chi connectivity index (χ4v) is 5.58. The molecule has 1 aromatic heterocycles. The summed E-state index contributed by atoms with van der Waals surface area (Å²) in [4.78, 5) is 40.8. The van der Waals surface area contributed by atoms with Gasteiger partial charge >= 0.3 is 17.9 Å². The van der Waals surface area contributed by atoms with Crippen molar-refractivity contribution in [2.75, 3.05) is 0 Å². The van der Waals surface area contributed by atoms with Gasteiger partial charge in [0.15, 0.2) is 0 Å². The number of aromatic carboxylic acids is 2. The van der Waals surface area contributed by atoms with Crippen molar-refractivity contribution in [1.29, 1.82) is 0 Å². The second kappa shape index (κ2) is 9.63. The van der Waals surface area contributed by atoms with Gasteiger partial charge in [-0.2, -0.15) is 0 Å². The highest BCUT2D eigenvalue weighted by Crippen LogP contribution is 2.57. The van der Waals surface area contributed by atoms with Crippen molar-refractivity contribution in [3.63, 3.8) is 0 Å². The van der Waals surface area contributed by atoms with Crippen molar-refractivity contribution < 1.29 is 29.3 Å². The van der Waals surface area contributed by atoms with Gasteiger partial charge in [-0.3, -0.25) is 4.98 Å². The van der Waals surface area contributed by atoms with Gasteiger partial charge in [0.25, 0.3) is 0 Å². The molecular weight excluding hydrogens is 506 g/mol. The van der Waals surface area contributed by atoms with Crippen LogP contribution in [0.5, 0.6) is 5.75 Å². The van der Waals surface area contributed by atoms with Crippen LogP contribution in [0.15, 0.2) is 116 Å². The number of ether oxygens (including phenoxy) is 1. The maximum absolute atomic E-state index is 13.5. The predicted molar refractivity (Wildman–Crippen MR) is 147 cm³/mol. The maximum Gasteiger partial charge on any atom is 0.344 e. The van der Waals surface area contributed by atoms with Crippen LogP contribution >= 0.6 is 0 Å². The van der Waals surface area contributed by atoms with Crippen LogP contribution in [0.4, 0.5) is 0 Å². The van der Waals surface area contributed by atoms with Crippen LogP contribution in [0.1, 0.15) is 53.3 Å². The van der Waals surface area contributed by atoms with E-state index in [1.165, 1.54) is 6.20 Å². The van der Waals surface area contributed by atoms with E-state index in [1.54, 1.807) is 79.0 Å². The minimum absolute atomic E-state index is 0.139. The number of hydrogen-bond donors (Lipinski definition) is 2. The van der Waals surface area contributed by atoms with Gasteiger partial charge in [-0.05, 0) is 70.3 Å². The quantitative estimate of drug-likeness (QED) is 0.253. The largest absolute Gasteiger partial charge is 0.478 e. The van der Waals surface area contributed by atoms with Crippen molar-refractivity contribution in [3.8, 4) is 16.9 Å². The van der Waals surface area contributed by atoms with E-state index >= 15 is 0 Å². The number of aromatic nitrogens is 1. The Labute approximate surface area is 229 Å². The maximum atomic E-state index is 13.5. The molecule has 1 aliphatic carbocycles. The highest BCUT2D eigenvalue weighted by molar-refractivity contribution is 6.03. The third-order valence-corrected chi connectivity index (χ3v) is 7.26. The molecule has 1 aliphatic rings. The number of benzene rings is 4. The zero-order chi connectivity index (χ0) is 27.9. The van der Waals surface area contributed by atoms with E-state index in [4.69, 9.17) is 4.74 Å². The molecule has 0 amide bonds. The summed E-state index contributed by atoms with van der Waals surface area (Å²) in [5.41, 5.74) is 4.38. The zero-order valence-corrected chi connectivity index (χ0v) is 20.9. The highest BCUT2D eigenvalue weighted by Gasteiger charge is 2.47.